The van der Waals surface area contributed by atoms with Crippen molar-refractivity contribution in [2.75, 3.05) is 11.6 Å². The molecule has 0 amide bonds. The second-order valence-electron chi connectivity index (χ2n) is 4.64. The SMILES string of the molecule is CS(=O)(=O)c1ccc2nc(NCc3cccnc3)sc2c1. The van der Waals surface area contributed by atoms with Crippen LogP contribution in [0.1, 0.15) is 5.56 Å². The Kier molecular flexibility index (Phi) is 3.60. The Morgan fingerprint density at radius 1 is 1.29 bits per heavy atom. The molecular weight excluding hydrogens is 306 g/mol. The van der Waals surface area contributed by atoms with Crippen LogP contribution in [0.4, 0.5) is 5.13 Å². The molecule has 2 aromatic heterocycles. The third-order valence-electron chi connectivity index (χ3n) is 2.95. The van der Waals surface area contributed by atoms with Crippen molar-refractivity contribution in [3.8, 4) is 0 Å². The summed E-state index contributed by atoms with van der Waals surface area (Å²) in [5.41, 5.74) is 1.86. The fraction of sp³-hybridized carbons (Fsp3) is 0.143. The van der Waals surface area contributed by atoms with Crippen LogP contribution in [0.25, 0.3) is 10.2 Å². The average Bonchev–Trinajstić information content (AvgIpc) is 2.87. The second-order valence-corrected chi connectivity index (χ2v) is 7.68. The molecule has 1 N–H and O–H groups in total. The molecule has 0 aliphatic heterocycles. The summed E-state index contributed by atoms with van der Waals surface area (Å²) in [6.45, 7) is 0.632. The number of hydrogen-bond donors (Lipinski definition) is 1. The van der Waals surface area contributed by atoms with Gasteiger partial charge in [-0.1, -0.05) is 17.4 Å². The Labute approximate surface area is 126 Å². The highest BCUT2D eigenvalue weighted by atomic mass is 32.2. The maximum absolute atomic E-state index is 11.6. The number of rotatable bonds is 4. The first-order valence-corrected chi connectivity index (χ1v) is 8.96. The van der Waals surface area contributed by atoms with Gasteiger partial charge in [-0.05, 0) is 29.8 Å². The van der Waals surface area contributed by atoms with Gasteiger partial charge in [0.05, 0.1) is 15.1 Å². The largest absolute Gasteiger partial charge is 0.357 e. The Morgan fingerprint density at radius 2 is 2.14 bits per heavy atom. The summed E-state index contributed by atoms with van der Waals surface area (Å²) in [6.07, 6.45) is 4.73. The van der Waals surface area contributed by atoms with Gasteiger partial charge in [-0.25, -0.2) is 13.4 Å². The van der Waals surface area contributed by atoms with E-state index in [1.165, 1.54) is 17.6 Å². The number of anilines is 1. The quantitative estimate of drug-likeness (QED) is 0.800. The van der Waals surface area contributed by atoms with Crippen molar-refractivity contribution >= 4 is 36.5 Å². The van der Waals surface area contributed by atoms with E-state index in [1.807, 2.05) is 12.1 Å². The summed E-state index contributed by atoms with van der Waals surface area (Å²) in [7, 11) is -3.19. The van der Waals surface area contributed by atoms with E-state index in [4.69, 9.17) is 0 Å². The molecular formula is C14H13N3O2S2. The molecule has 0 saturated carbocycles. The minimum atomic E-state index is -3.19. The van der Waals surface area contributed by atoms with Gasteiger partial charge in [0.2, 0.25) is 0 Å². The zero-order chi connectivity index (χ0) is 14.9. The molecule has 0 radical (unpaired) electrons. The Balaban J connectivity index is 1.84. The summed E-state index contributed by atoms with van der Waals surface area (Å²) < 4.78 is 24.0. The first-order chi connectivity index (χ1) is 10.0. The molecule has 1 aromatic carbocycles. The predicted molar refractivity (Wildman–Crippen MR) is 84.3 cm³/mol. The van der Waals surface area contributed by atoms with Crippen molar-refractivity contribution in [1.29, 1.82) is 0 Å². The smallest absolute Gasteiger partial charge is 0.184 e. The van der Waals surface area contributed by atoms with Gasteiger partial charge in [0, 0.05) is 25.2 Å². The Hall–Kier alpha value is -1.99. The van der Waals surface area contributed by atoms with Crippen LogP contribution in [0.3, 0.4) is 0 Å². The lowest BCUT2D eigenvalue weighted by Crippen LogP contribution is -1.98. The lowest BCUT2D eigenvalue weighted by atomic mass is 10.3. The number of thiazole rings is 1. The summed E-state index contributed by atoms with van der Waals surface area (Å²) in [6, 6.07) is 8.85. The molecule has 21 heavy (non-hydrogen) atoms. The zero-order valence-corrected chi connectivity index (χ0v) is 12.9. The maximum atomic E-state index is 11.6. The molecule has 0 fully saturated rings. The monoisotopic (exact) mass is 319 g/mol. The lowest BCUT2D eigenvalue weighted by molar-refractivity contribution is 0.602. The van der Waals surface area contributed by atoms with Crippen molar-refractivity contribution in [2.24, 2.45) is 0 Å². The van der Waals surface area contributed by atoms with Crippen LogP contribution in [-0.4, -0.2) is 24.6 Å². The fourth-order valence-corrected chi connectivity index (χ4v) is 3.51. The fourth-order valence-electron chi connectivity index (χ4n) is 1.89. The predicted octanol–water partition coefficient (Wildman–Crippen LogP) is 2.71. The van der Waals surface area contributed by atoms with E-state index in [-0.39, 0.29) is 0 Å². The van der Waals surface area contributed by atoms with Gasteiger partial charge in [-0.3, -0.25) is 4.98 Å². The minimum absolute atomic E-state index is 0.317. The number of fused-ring (bicyclic) bond motifs is 1. The van der Waals surface area contributed by atoms with Gasteiger partial charge < -0.3 is 5.32 Å². The number of pyridine rings is 1. The zero-order valence-electron chi connectivity index (χ0n) is 11.3. The van der Waals surface area contributed by atoms with Gasteiger partial charge in [0.1, 0.15) is 0 Å². The molecule has 108 valence electrons. The van der Waals surface area contributed by atoms with E-state index < -0.39 is 9.84 Å². The molecule has 0 spiro atoms. The second kappa shape index (κ2) is 5.42. The number of nitrogens with zero attached hydrogens (tertiary/aromatic N) is 2. The van der Waals surface area contributed by atoms with Crippen LogP contribution < -0.4 is 5.32 Å². The number of aromatic nitrogens is 2. The van der Waals surface area contributed by atoms with Gasteiger partial charge in [-0.15, -0.1) is 0 Å². The summed E-state index contributed by atoms with van der Waals surface area (Å²) in [5, 5.41) is 3.99. The molecule has 0 saturated heterocycles. The lowest BCUT2D eigenvalue weighted by Gasteiger charge is -2.00. The standard InChI is InChI=1S/C14H13N3O2S2/c1-21(18,19)11-4-5-12-13(7-11)20-14(17-12)16-9-10-3-2-6-15-8-10/h2-8H,9H2,1H3,(H,16,17). The van der Waals surface area contributed by atoms with Crippen molar-refractivity contribution in [3.05, 3.63) is 48.3 Å². The molecule has 7 heteroatoms. The summed E-state index contributed by atoms with van der Waals surface area (Å²) >= 11 is 1.44. The van der Waals surface area contributed by atoms with E-state index in [1.54, 1.807) is 30.6 Å². The Morgan fingerprint density at radius 3 is 2.86 bits per heavy atom. The van der Waals surface area contributed by atoms with Crippen molar-refractivity contribution in [3.63, 3.8) is 0 Å². The van der Waals surface area contributed by atoms with E-state index in [0.717, 1.165) is 20.9 Å². The maximum Gasteiger partial charge on any atom is 0.184 e. The highest BCUT2D eigenvalue weighted by molar-refractivity contribution is 7.90. The summed E-state index contributed by atoms with van der Waals surface area (Å²) in [5.74, 6) is 0. The number of sulfone groups is 1. The van der Waals surface area contributed by atoms with E-state index in [2.05, 4.69) is 15.3 Å². The van der Waals surface area contributed by atoms with Crippen LogP contribution in [0, 0.1) is 0 Å². The first-order valence-electron chi connectivity index (χ1n) is 6.26. The van der Waals surface area contributed by atoms with E-state index in [9.17, 15) is 8.42 Å². The van der Waals surface area contributed by atoms with Crippen LogP contribution >= 0.6 is 11.3 Å². The van der Waals surface area contributed by atoms with Crippen LogP contribution in [0.5, 0.6) is 0 Å². The van der Waals surface area contributed by atoms with Gasteiger partial charge in [-0.2, -0.15) is 0 Å². The Bertz CT molecular complexity index is 874. The molecule has 2 heterocycles. The number of benzene rings is 1. The third-order valence-corrected chi connectivity index (χ3v) is 5.04. The van der Waals surface area contributed by atoms with E-state index >= 15 is 0 Å². The normalized spacial score (nSPS) is 11.7. The molecule has 3 rings (SSSR count). The van der Waals surface area contributed by atoms with Crippen molar-refractivity contribution in [1.82, 2.24) is 9.97 Å². The molecule has 5 nitrogen and oxygen atoms in total. The molecule has 0 bridgehead atoms. The van der Waals surface area contributed by atoms with Crippen LogP contribution in [0.15, 0.2) is 47.6 Å². The van der Waals surface area contributed by atoms with Crippen molar-refractivity contribution in [2.45, 2.75) is 11.4 Å². The topological polar surface area (TPSA) is 72.0 Å². The highest BCUT2D eigenvalue weighted by Gasteiger charge is 2.10. The number of hydrogen-bond acceptors (Lipinski definition) is 6. The molecule has 3 aromatic rings. The number of nitrogens with one attached hydrogen (secondary N) is 1. The van der Waals surface area contributed by atoms with E-state index in [0.29, 0.717) is 11.4 Å². The first kappa shape index (κ1) is 14.0. The van der Waals surface area contributed by atoms with Gasteiger partial charge in [0.25, 0.3) is 0 Å². The minimum Gasteiger partial charge on any atom is -0.357 e. The van der Waals surface area contributed by atoms with Crippen LogP contribution in [0.2, 0.25) is 0 Å². The average molecular weight is 319 g/mol. The highest BCUT2D eigenvalue weighted by Crippen LogP contribution is 2.28. The summed E-state index contributed by atoms with van der Waals surface area (Å²) in [4.78, 5) is 8.81. The van der Waals surface area contributed by atoms with Gasteiger partial charge >= 0.3 is 0 Å². The molecule has 0 unspecified atom stereocenters. The molecule has 0 aliphatic rings. The third kappa shape index (κ3) is 3.20. The van der Waals surface area contributed by atoms with Gasteiger partial charge in [0.15, 0.2) is 15.0 Å². The molecule has 0 atom stereocenters. The van der Waals surface area contributed by atoms with Crippen molar-refractivity contribution < 1.29 is 8.42 Å². The van der Waals surface area contributed by atoms with Crippen LogP contribution in [-0.2, 0) is 16.4 Å². The molecule has 0 aliphatic carbocycles.